The fraction of sp³-hybridized carbons (Fsp3) is 0.333. The molecular weight excluding hydrogens is 286 g/mol. The monoisotopic (exact) mass is 297 g/mol. The van der Waals surface area contributed by atoms with Gasteiger partial charge in [0.15, 0.2) is 0 Å². The fourth-order valence-corrected chi connectivity index (χ4v) is 2.43. The van der Waals surface area contributed by atoms with Crippen LogP contribution in [0.25, 0.3) is 0 Å². The van der Waals surface area contributed by atoms with Gasteiger partial charge in [-0.15, -0.1) is 0 Å². The number of aliphatic carboxylic acids is 1. The first-order valence-corrected chi connectivity index (χ1v) is 6.06. The van der Waals surface area contributed by atoms with Crippen LogP contribution < -0.4 is 0 Å². The lowest BCUT2D eigenvalue weighted by atomic mass is 9.99. The van der Waals surface area contributed by atoms with Gasteiger partial charge in [-0.1, -0.05) is 6.07 Å². The predicted octanol–water partition coefficient (Wildman–Crippen LogP) is 1.91. The Morgan fingerprint density at radius 3 is 2.59 bits per heavy atom. The van der Waals surface area contributed by atoms with Gasteiger partial charge in [-0.25, -0.2) is 0 Å². The molecule has 0 unspecified atom stereocenters. The van der Waals surface area contributed by atoms with Gasteiger partial charge < -0.3 is 10.0 Å². The lowest BCUT2D eigenvalue weighted by molar-refractivity contribution is -0.146. The number of carbonyl (C=O) groups excluding carboxylic acids is 1. The number of aryl methyl sites for hydroxylation is 1. The molecule has 1 amide bonds. The van der Waals surface area contributed by atoms with E-state index in [1.165, 1.54) is 0 Å². The van der Waals surface area contributed by atoms with Crippen molar-refractivity contribution in [2.24, 2.45) is 5.92 Å². The van der Waals surface area contributed by atoms with Gasteiger partial charge in [-0.05, 0) is 40.5 Å². The van der Waals surface area contributed by atoms with Crippen LogP contribution in [0.5, 0.6) is 0 Å². The second kappa shape index (κ2) is 4.49. The van der Waals surface area contributed by atoms with Crippen LogP contribution in [0.3, 0.4) is 0 Å². The Bertz CT molecular complexity index is 481. The molecular formula is C12H12BrNO3. The van der Waals surface area contributed by atoms with Gasteiger partial charge in [0.2, 0.25) is 0 Å². The molecule has 1 fully saturated rings. The zero-order valence-corrected chi connectivity index (χ0v) is 10.9. The SMILES string of the molecule is Cc1ccc(C(=O)N2CC(C(=O)O)C2)c(Br)c1. The van der Waals surface area contributed by atoms with Crippen molar-refractivity contribution in [1.82, 2.24) is 4.90 Å². The van der Waals surface area contributed by atoms with Crippen LogP contribution in [0.4, 0.5) is 0 Å². The molecule has 0 aliphatic carbocycles. The maximum atomic E-state index is 12.0. The molecule has 0 spiro atoms. The number of carboxylic acid groups (broad SMARTS) is 1. The van der Waals surface area contributed by atoms with Crippen LogP contribution in [-0.4, -0.2) is 35.0 Å². The molecule has 4 nitrogen and oxygen atoms in total. The zero-order chi connectivity index (χ0) is 12.6. The maximum Gasteiger partial charge on any atom is 0.310 e. The number of halogens is 1. The number of nitrogens with zero attached hydrogens (tertiary/aromatic N) is 1. The summed E-state index contributed by atoms with van der Waals surface area (Å²) in [5, 5.41) is 8.75. The molecule has 0 bridgehead atoms. The highest BCUT2D eigenvalue weighted by Crippen LogP contribution is 2.24. The smallest absolute Gasteiger partial charge is 0.310 e. The molecule has 0 aromatic heterocycles. The lowest BCUT2D eigenvalue weighted by Crippen LogP contribution is -2.53. The summed E-state index contributed by atoms with van der Waals surface area (Å²) < 4.78 is 0.751. The average Bonchev–Trinajstić information content (AvgIpc) is 2.13. The van der Waals surface area contributed by atoms with Crippen molar-refractivity contribution >= 4 is 27.8 Å². The molecule has 0 saturated carbocycles. The Labute approximate surface area is 107 Å². The number of benzene rings is 1. The third-order valence-corrected chi connectivity index (χ3v) is 3.53. The van der Waals surface area contributed by atoms with Crippen molar-refractivity contribution in [3.05, 3.63) is 33.8 Å². The van der Waals surface area contributed by atoms with E-state index in [4.69, 9.17) is 5.11 Å². The second-order valence-corrected chi connectivity index (χ2v) is 5.08. The van der Waals surface area contributed by atoms with E-state index >= 15 is 0 Å². The number of carbonyl (C=O) groups is 2. The van der Waals surface area contributed by atoms with Crippen LogP contribution in [0.1, 0.15) is 15.9 Å². The number of amides is 1. The summed E-state index contributed by atoms with van der Waals surface area (Å²) in [7, 11) is 0. The third kappa shape index (κ3) is 2.34. The predicted molar refractivity (Wildman–Crippen MR) is 65.9 cm³/mol. The molecule has 2 rings (SSSR count). The van der Waals surface area contributed by atoms with E-state index in [0.717, 1.165) is 10.0 Å². The van der Waals surface area contributed by atoms with Gasteiger partial charge in [0, 0.05) is 17.6 Å². The van der Waals surface area contributed by atoms with Crippen LogP contribution in [0, 0.1) is 12.8 Å². The van der Waals surface area contributed by atoms with Gasteiger partial charge in [0.1, 0.15) is 0 Å². The van der Waals surface area contributed by atoms with Crippen molar-refractivity contribution < 1.29 is 14.7 Å². The van der Waals surface area contributed by atoms with E-state index in [-0.39, 0.29) is 5.91 Å². The zero-order valence-electron chi connectivity index (χ0n) is 9.31. The Morgan fingerprint density at radius 2 is 2.06 bits per heavy atom. The molecule has 17 heavy (non-hydrogen) atoms. The van der Waals surface area contributed by atoms with Crippen molar-refractivity contribution in [1.29, 1.82) is 0 Å². The summed E-state index contributed by atoms with van der Waals surface area (Å²) in [4.78, 5) is 24.2. The molecule has 1 N–H and O–H groups in total. The van der Waals surface area contributed by atoms with E-state index in [2.05, 4.69) is 15.9 Å². The summed E-state index contributed by atoms with van der Waals surface area (Å²) >= 11 is 3.35. The molecule has 1 aliphatic heterocycles. The van der Waals surface area contributed by atoms with E-state index < -0.39 is 11.9 Å². The minimum absolute atomic E-state index is 0.116. The summed E-state index contributed by atoms with van der Waals surface area (Å²) in [6.45, 7) is 2.55. The van der Waals surface area contributed by atoms with Crippen LogP contribution in [0.15, 0.2) is 22.7 Å². The van der Waals surface area contributed by atoms with E-state index in [1.807, 2.05) is 19.1 Å². The van der Waals surface area contributed by atoms with Gasteiger partial charge in [0.05, 0.1) is 11.5 Å². The van der Waals surface area contributed by atoms with Crippen molar-refractivity contribution in [3.8, 4) is 0 Å². The highest BCUT2D eigenvalue weighted by molar-refractivity contribution is 9.10. The third-order valence-electron chi connectivity index (χ3n) is 2.87. The summed E-state index contributed by atoms with van der Waals surface area (Å²) in [6.07, 6.45) is 0. The first-order chi connectivity index (χ1) is 7.99. The summed E-state index contributed by atoms with van der Waals surface area (Å²) in [5.41, 5.74) is 1.65. The molecule has 1 saturated heterocycles. The number of hydrogen-bond donors (Lipinski definition) is 1. The first kappa shape index (κ1) is 12.1. The highest BCUT2D eigenvalue weighted by Gasteiger charge is 2.36. The number of rotatable bonds is 2. The minimum atomic E-state index is -0.836. The van der Waals surface area contributed by atoms with Crippen LogP contribution in [0.2, 0.25) is 0 Å². The van der Waals surface area contributed by atoms with E-state index in [0.29, 0.717) is 18.7 Å². The summed E-state index contributed by atoms with van der Waals surface area (Å²) in [6, 6.07) is 5.50. The molecule has 1 heterocycles. The average molecular weight is 298 g/mol. The second-order valence-electron chi connectivity index (χ2n) is 4.23. The lowest BCUT2D eigenvalue weighted by Gasteiger charge is -2.36. The van der Waals surface area contributed by atoms with Crippen LogP contribution >= 0.6 is 15.9 Å². The molecule has 0 atom stereocenters. The molecule has 1 aliphatic rings. The van der Waals surface area contributed by atoms with E-state index in [1.54, 1.807) is 11.0 Å². The minimum Gasteiger partial charge on any atom is -0.481 e. The number of hydrogen-bond acceptors (Lipinski definition) is 2. The quantitative estimate of drug-likeness (QED) is 0.907. The normalized spacial score (nSPS) is 15.5. The van der Waals surface area contributed by atoms with Gasteiger partial charge in [0.25, 0.3) is 5.91 Å². The standard InChI is InChI=1S/C12H12BrNO3/c1-7-2-3-9(10(13)4-7)11(15)14-5-8(6-14)12(16)17/h2-4,8H,5-6H2,1H3,(H,16,17). The van der Waals surface area contributed by atoms with Crippen LogP contribution in [-0.2, 0) is 4.79 Å². The first-order valence-electron chi connectivity index (χ1n) is 5.27. The molecule has 0 radical (unpaired) electrons. The number of likely N-dealkylation sites (tertiary alicyclic amines) is 1. The van der Waals surface area contributed by atoms with Gasteiger partial charge in [-0.2, -0.15) is 0 Å². The van der Waals surface area contributed by atoms with E-state index in [9.17, 15) is 9.59 Å². The topological polar surface area (TPSA) is 57.6 Å². The highest BCUT2D eigenvalue weighted by atomic mass is 79.9. The number of carboxylic acids is 1. The Morgan fingerprint density at radius 1 is 1.41 bits per heavy atom. The van der Waals surface area contributed by atoms with Crippen molar-refractivity contribution in [2.45, 2.75) is 6.92 Å². The molecule has 1 aromatic carbocycles. The van der Waals surface area contributed by atoms with Gasteiger partial charge >= 0.3 is 5.97 Å². The Balaban J connectivity index is 2.09. The largest absolute Gasteiger partial charge is 0.481 e. The van der Waals surface area contributed by atoms with Gasteiger partial charge in [-0.3, -0.25) is 9.59 Å². The van der Waals surface area contributed by atoms with Crippen molar-refractivity contribution in [2.75, 3.05) is 13.1 Å². The molecule has 90 valence electrons. The maximum absolute atomic E-state index is 12.0. The van der Waals surface area contributed by atoms with Crippen molar-refractivity contribution in [3.63, 3.8) is 0 Å². The fourth-order valence-electron chi connectivity index (χ4n) is 1.76. The molecule has 5 heteroatoms. The summed E-state index contributed by atoms with van der Waals surface area (Å²) in [5.74, 6) is -1.37. The Hall–Kier alpha value is -1.36. The Kier molecular flexibility index (Phi) is 3.19. The molecule has 1 aromatic rings.